The first-order valence-corrected chi connectivity index (χ1v) is 4.28. The van der Waals surface area contributed by atoms with Crippen LogP contribution in [0.5, 0.6) is 0 Å². The van der Waals surface area contributed by atoms with Gasteiger partial charge in [-0.25, -0.2) is 0 Å². The van der Waals surface area contributed by atoms with E-state index in [9.17, 15) is 4.79 Å². The van der Waals surface area contributed by atoms with Gasteiger partial charge in [0.2, 0.25) is 5.91 Å². The number of carbonyl (C=O) groups is 1. The number of amides is 1. The van der Waals surface area contributed by atoms with Gasteiger partial charge in [0, 0.05) is 0 Å². The lowest BCUT2D eigenvalue weighted by Gasteiger charge is -2.38. The molecule has 0 radical (unpaired) electrons. The molecule has 0 saturated carbocycles. The van der Waals surface area contributed by atoms with E-state index in [4.69, 9.17) is 0 Å². The van der Waals surface area contributed by atoms with E-state index in [0.29, 0.717) is 0 Å². The van der Waals surface area contributed by atoms with Gasteiger partial charge < -0.3 is 9.38 Å². The Hall–Kier alpha value is -0.830. The van der Waals surface area contributed by atoms with Crippen LogP contribution in [0.15, 0.2) is 12.7 Å². The van der Waals surface area contributed by atoms with Gasteiger partial charge in [0.25, 0.3) is 0 Å². The number of carbonyl (C=O) groups excluding carboxylic acids is 1. The molecule has 0 unspecified atom stereocenters. The van der Waals surface area contributed by atoms with E-state index >= 15 is 0 Å². The summed E-state index contributed by atoms with van der Waals surface area (Å²) in [6, 6.07) is 0. The number of hydrogen-bond donors (Lipinski definition) is 0. The molecule has 1 saturated heterocycles. The van der Waals surface area contributed by atoms with Gasteiger partial charge in [-0.1, -0.05) is 6.58 Å². The van der Waals surface area contributed by atoms with Crippen LogP contribution in [0.3, 0.4) is 0 Å². The van der Waals surface area contributed by atoms with E-state index in [1.165, 1.54) is 6.08 Å². The molecule has 0 atom stereocenters. The first kappa shape index (κ1) is 9.26. The van der Waals surface area contributed by atoms with E-state index in [1.807, 2.05) is 4.90 Å². The average Bonchev–Trinajstić information content (AvgIpc) is 2.03. The summed E-state index contributed by atoms with van der Waals surface area (Å²) in [4.78, 5) is 13.0. The van der Waals surface area contributed by atoms with Crippen LogP contribution in [0.4, 0.5) is 0 Å². The molecule has 1 amide bonds. The third-order valence-corrected chi connectivity index (χ3v) is 2.44. The predicted octanol–water partition coefficient (Wildman–Crippen LogP) is 0.0910. The van der Waals surface area contributed by atoms with Gasteiger partial charge in [-0.2, -0.15) is 0 Å². The van der Waals surface area contributed by atoms with Crippen LogP contribution >= 0.6 is 0 Å². The molecule has 12 heavy (non-hydrogen) atoms. The highest BCUT2D eigenvalue weighted by atomic mass is 16.2. The van der Waals surface area contributed by atoms with E-state index < -0.39 is 0 Å². The fourth-order valence-electron chi connectivity index (χ4n) is 1.36. The summed E-state index contributed by atoms with van der Waals surface area (Å²) >= 11 is 0. The molecule has 0 N–H and O–H groups in total. The summed E-state index contributed by atoms with van der Waals surface area (Å²) in [6.45, 7) is 7.28. The maximum atomic E-state index is 11.2. The molecule has 0 spiro atoms. The van der Waals surface area contributed by atoms with Gasteiger partial charge in [0.1, 0.15) is 0 Å². The summed E-state index contributed by atoms with van der Waals surface area (Å²) in [6.07, 6.45) is 1.39. The van der Waals surface area contributed by atoms with Crippen molar-refractivity contribution in [3.8, 4) is 0 Å². The molecule has 0 aromatic carbocycles. The largest absolute Gasteiger partial charge is 0.328 e. The van der Waals surface area contributed by atoms with Crippen LogP contribution in [0.25, 0.3) is 0 Å². The number of hydrogen-bond acceptors (Lipinski definition) is 1. The molecule has 1 rings (SSSR count). The molecular formula is C9H17N2O+. The highest BCUT2D eigenvalue weighted by molar-refractivity contribution is 5.87. The quantitative estimate of drug-likeness (QED) is 0.402. The summed E-state index contributed by atoms with van der Waals surface area (Å²) in [5.41, 5.74) is 0. The first-order chi connectivity index (χ1) is 5.55. The molecule has 1 aliphatic heterocycles. The van der Waals surface area contributed by atoms with E-state index in [1.54, 1.807) is 0 Å². The zero-order chi connectivity index (χ0) is 9.19. The van der Waals surface area contributed by atoms with Crippen LogP contribution in [-0.2, 0) is 4.79 Å². The molecule has 68 valence electrons. The van der Waals surface area contributed by atoms with Crippen molar-refractivity contribution in [2.24, 2.45) is 0 Å². The molecular weight excluding hydrogens is 152 g/mol. The van der Waals surface area contributed by atoms with E-state index in [2.05, 4.69) is 20.7 Å². The monoisotopic (exact) mass is 169 g/mol. The highest BCUT2D eigenvalue weighted by Gasteiger charge is 2.25. The van der Waals surface area contributed by atoms with Gasteiger partial charge in [-0.3, -0.25) is 4.79 Å². The highest BCUT2D eigenvalue weighted by Crippen LogP contribution is 2.06. The zero-order valence-corrected chi connectivity index (χ0v) is 7.92. The predicted molar refractivity (Wildman–Crippen MR) is 48.6 cm³/mol. The molecule has 3 heteroatoms. The third kappa shape index (κ3) is 2.08. The molecule has 0 bridgehead atoms. The second-order valence-corrected chi connectivity index (χ2v) is 3.91. The van der Waals surface area contributed by atoms with Gasteiger partial charge in [0.05, 0.1) is 40.3 Å². The number of likely N-dealkylation sites (N-methyl/N-ethyl adjacent to an activating group) is 1. The fourth-order valence-corrected chi connectivity index (χ4v) is 1.36. The Balaban J connectivity index is 2.46. The fraction of sp³-hybridized carbons (Fsp3) is 0.667. The van der Waals surface area contributed by atoms with Crippen LogP contribution in [0.1, 0.15) is 0 Å². The van der Waals surface area contributed by atoms with Crippen LogP contribution in [0, 0.1) is 0 Å². The van der Waals surface area contributed by atoms with Crippen LogP contribution < -0.4 is 0 Å². The lowest BCUT2D eigenvalue weighted by molar-refractivity contribution is -0.894. The van der Waals surface area contributed by atoms with Crippen molar-refractivity contribution in [3.05, 3.63) is 12.7 Å². The van der Waals surface area contributed by atoms with Crippen molar-refractivity contribution in [1.82, 2.24) is 4.90 Å². The van der Waals surface area contributed by atoms with Crippen LogP contribution in [-0.4, -0.2) is 55.6 Å². The molecule has 3 nitrogen and oxygen atoms in total. The van der Waals surface area contributed by atoms with Gasteiger partial charge in [-0.15, -0.1) is 0 Å². The average molecular weight is 169 g/mol. The van der Waals surface area contributed by atoms with Crippen molar-refractivity contribution < 1.29 is 9.28 Å². The minimum Gasteiger partial charge on any atom is -0.328 e. The van der Waals surface area contributed by atoms with Crippen molar-refractivity contribution in [2.45, 2.75) is 0 Å². The minimum atomic E-state index is 0.0645. The maximum absolute atomic E-state index is 11.2. The normalized spacial score (nSPS) is 22.0. The molecule has 1 fully saturated rings. The lowest BCUT2D eigenvalue weighted by atomic mass is 10.3. The van der Waals surface area contributed by atoms with Crippen molar-refractivity contribution in [2.75, 3.05) is 40.3 Å². The second kappa shape index (κ2) is 3.27. The third-order valence-electron chi connectivity index (χ3n) is 2.44. The Morgan fingerprint density at radius 1 is 1.42 bits per heavy atom. The van der Waals surface area contributed by atoms with Gasteiger partial charge >= 0.3 is 0 Å². The second-order valence-electron chi connectivity index (χ2n) is 3.91. The smallest absolute Gasteiger partial charge is 0.246 e. The molecule has 1 heterocycles. The standard InChI is InChI=1S/C9H17N2O/c1-4-9(12)10-5-7-11(2,3)8-6-10/h4H,1,5-8H2,2-3H3/q+1. The van der Waals surface area contributed by atoms with Crippen LogP contribution in [0.2, 0.25) is 0 Å². The number of quaternary nitrogens is 1. The zero-order valence-electron chi connectivity index (χ0n) is 7.92. The number of piperazine rings is 1. The van der Waals surface area contributed by atoms with Crippen molar-refractivity contribution >= 4 is 5.91 Å². The summed E-state index contributed by atoms with van der Waals surface area (Å²) in [5.74, 6) is 0.0645. The Morgan fingerprint density at radius 2 is 1.92 bits per heavy atom. The Morgan fingerprint density at radius 3 is 2.33 bits per heavy atom. The summed E-state index contributed by atoms with van der Waals surface area (Å²) in [5, 5.41) is 0. The SMILES string of the molecule is C=CC(=O)N1CC[N+](C)(C)CC1. The van der Waals surface area contributed by atoms with Gasteiger partial charge in [-0.05, 0) is 6.08 Å². The Kier molecular flexibility index (Phi) is 2.52. The molecule has 0 aliphatic carbocycles. The minimum absolute atomic E-state index is 0.0645. The summed E-state index contributed by atoms with van der Waals surface area (Å²) < 4.78 is 1.01. The van der Waals surface area contributed by atoms with Crippen molar-refractivity contribution in [3.63, 3.8) is 0 Å². The van der Waals surface area contributed by atoms with E-state index in [-0.39, 0.29) is 5.91 Å². The number of nitrogens with zero attached hydrogens (tertiary/aromatic N) is 2. The summed E-state index contributed by atoms with van der Waals surface area (Å²) in [7, 11) is 4.38. The maximum Gasteiger partial charge on any atom is 0.246 e. The first-order valence-electron chi connectivity index (χ1n) is 4.28. The topological polar surface area (TPSA) is 20.3 Å². The Labute approximate surface area is 73.9 Å². The van der Waals surface area contributed by atoms with Crippen molar-refractivity contribution in [1.29, 1.82) is 0 Å². The molecule has 1 aliphatic rings. The molecule has 0 aromatic rings. The van der Waals surface area contributed by atoms with E-state index in [0.717, 1.165) is 30.7 Å². The Bertz CT molecular complexity index is 189. The van der Waals surface area contributed by atoms with Gasteiger partial charge in [0.15, 0.2) is 0 Å². The lowest BCUT2D eigenvalue weighted by Crippen LogP contribution is -2.55. The number of rotatable bonds is 1. The molecule has 0 aromatic heterocycles.